The van der Waals surface area contributed by atoms with Gasteiger partial charge in [-0.25, -0.2) is 4.98 Å². The lowest BCUT2D eigenvalue weighted by atomic mass is 9.82. The van der Waals surface area contributed by atoms with Crippen molar-refractivity contribution in [3.63, 3.8) is 0 Å². The molecule has 212 valence electrons. The van der Waals surface area contributed by atoms with Crippen LogP contribution in [0, 0.1) is 0 Å². The predicted octanol–water partition coefficient (Wildman–Crippen LogP) is 10.1. The molecular formula is C41H28N4. The summed E-state index contributed by atoms with van der Waals surface area (Å²) < 4.78 is 4.62. The van der Waals surface area contributed by atoms with Crippen molar-refractivity contribution < 1.29 is 0 Å². The molecule has 0 bridgehead atoms. The van der Waals surface area contributed by atoms with Gasteiger partial charge < -0.3 is 0 Å². The van der Waals surface area contributed by atoms with Gasteiger partial charge in [0, 0.05) is 38.1 Å². The zero-order valence-corrected chi connectivity index (χ0v) is 25.0. The Hall–Kier alpha value is -5.74. The summed E-state index contributed by atoms with van der Waals surface area (Å²) >= 11 is 0. The summed E-state index contributed by atoms with van der Waals surface area (Å²) in [6.45, 7) is 4.65. The summed E-state index contributed by atoms with van der Waals surface area (Å²) in [5.41, 5.74) is 8.79. The number of hydrogen-bond donors (Lipinski definition) is 0. The molecule has 0 N–H and O–H groups in total. The molecule has 4 nitrogen and oxygen atoms in total. The van der Waals surface area contributed by atoms with Crippen LogP contribution in [0.5, 0.6) is 0 Å². The topological polar surface area (TPSA) is 35.6 Å². The van der Waals surface area contributed by atoms with Gasteiger partial charge in [-0.05, 0) is 52.7 Å². The molecule has 4 heteroatoms. The Morgan fingerprint density at radius 1 is 0.489 bits per heavy atom. The van der Waals surface area contributed by atoms with E-state index in [1.165, 1.54) is 43.4 Å². The second-order valence-electron chi connectivity index (χ2n) is 12.7. The van der Waals surface area contributed by atoms with Crippen LogP contribution in [-0.4, -0.2) is 19.1 Å². The Morgan fingerprint density at radius 3 is 1.47 bits per heavy atom. The Kier molecular flexibility index (Phi) is 4.76. The first kappa shape index (κ1) is 24.7. The highest BCUT2D eigenvalue weighted by Gasteiger charge is 2.41. The summed E-state index contributed by atoms with van der Waals surface area (Å²) in [6.07, 6.45) is 0. The summed E-state index contributed by atoms with van der Waals surface area (Å²) in [5.74, 6) is 1.61. The molecule has 0 radical (unpaired) electrons. The number of benzene rings is 6. The van der Waals surface area contributed by atoms with Crippen LogP contribution in [0.2, 0.25) is 0 Å². The van der Waals surface area contributed by atoms with Crippen LogP contribution in [-0.2, 0) is 5.41 Å². The monoisotopic (exact) mass is 576 g/mol. The minimum Gasteiger partial charge on any atom is -0.293 e. The van der Waals surface area contributed by atoms with Crippen LogP contribution < -0.4 is 0 Å². The summed E-state index contributed by atoms with van der Waals surface area (Å²) in [7, 11) is 0. The van der Waals surface area contributed by atoms with Gasteiger partial charge in [0.15, 0.2) is 0 Å². The maximum Gasteiger partial charge on any atom is 0.237 e. The Balaban J connectivity index is 1.41. The molecule has 3 aromatic heterocycles. The number of rotatable bonds is 2. The lowest BCUT2D eigenvalue weighted by molar-refractivity contribution is 0.650. The van der Waals surface area contributed by atoms with Crippen LogP contribution in [0.15, 0.2) is 133 Å². The molecule has 0 saturated heterocycles. The first-order valence-corrected chi connectivity index (χ1v) is 15.5. The Labute approximate surface area is 259 Å². The molecule has 9 aromatic rings. The van der Waals surface area contributed by atoms with Gasteiger partial charge in [0.2, 0.25) is 5.95 Å². The highest BCUT2D eigenvalue weighted by Crippen LogP contribution is 2.52. The molecule has 0 atom stereocenters. The number of fused-ring (bicyclic) bond motifs is 10. The van der Waals surface area contributed by atoms with E-state index in [0.29, 0.717) is 5.95 Å². The first-order chi connectivity index (χ1) is 22.1. The summed E-state index contributed by atoms with van der Waals surface area (Å²) in [4.78, 5) is 11.1. The van der Waals surface area contributed by atoms with Gasteiger partial charge in [0.1, 0.15) is 5.82 Å². The normalized spacial score (nSPS) is 13.7. The number of aromatic nitrogens is 4. The summed E-state index contributed by atoms with van der Waals surface area (Å²) in [5, 5.41) is 7.29. The largest absolute Gasteiger partial charge is 0.293 e. The Morgan fingerprint density at radius 2 is 0.933 bits per heavy atom. The lowest BCUT2D eigenvalue weighted by Crippen LogP contribution is -2.20. The van der Waals surface area contributed by atoms with Crippen LogP contribution in [0.4, 0.5) is 0 Å². The van der Waals surface area contributed by atoms with Crippen molar-refractivity contribution >= 4 is 54.4 Å². The van der Waals surface area contributed by atoms with Crippen LogP contribution in [0.3, 0.4) is 0 Å². The van der Waals surface area contributed by atoms with Crippen molar-refractivity contribution in [2.75, 3.05) is 0 Å². The van der Waals surface area contributed by atoms with Crippen LogP contribution in [0.1, 0.15) is 25.0 Å². The van der Waals surface area contributed by atoms with Crippen molar-refractivity contribution in [2.24, 2.45) is 0 Å². The highest BCUT2D eigenvalue weighted by atomic mass is 15.2. The van der Waals surface area contributed by atoms with E-state index in [1.807, 2.05) is 0 Å². The minimum atomic E-state index is -0.324. The van der Waals surface area contributed by atoms with Crippen molar-refractivity contribution in [3.05, 3.63) is 145 Å². The minimum absolute atomic E-state index is 0.324. The average molecular weight is 577 g/mol. The number of hydrogen-bond acceptors (Lipinski definition) is 2. The maximum atomic E-state index is 5.59. The molecule has 3 heterocycles. The molecule has 6 aromatic carbocycles. The van der Waals surface area contributed by atoms with Crippen LogP contribution >= 0.6 is 0 Å². The number of nitrogens with zero attached hydrogens (tertiary/aromatic N) is 4. The fourth-order valence-corrected chi connectivity index (χ4v) is 7.85. The molecule has 1 aliphatic rings. The van der Waals surface area contributed by atoms with Crippen molar-refractivity contribution in [1.82, 2.24) is 19.1 Å². The predicted molar refractivity (Wildman–Crippen MR) is 186 cm³/mol. The molecule has 45 heavy (non-hydrogen) atoms. The van der Waals surface area contributed by atoms with Gasteiger partial charge in [0.25, 0.3) is 0 Å². The average Bonchev–Trinajstić information content (AvgIpc) is 3.67. The molecule has 0 saturated carbocycles. The molecule has 1 aliphatic carbocycles. The Bertz CT molecular complexity index is 2580. The van der Waals surface area contributed by atoms with Crippen molar-refractivity contribution in [3.8, 4) is 23.0 Å². The molecular weight excluding hydrogens is 548 g/mol. The SMILES string of the molecule is CC1(C)c2cc3ccccc3cc2-c2nc(-n3c4ccccc4c4ccccc43)nc(-n3c4ccccc4c4ccccc43)c21. The fraction of sp³-hybridized carbons (Fsp3) is 0.0732. The quantitative estimate of drug-likeness (QED) is 0.205. The van der Waals surface area contributed by atoms with Gasteiger partial charge in [-0.2, -0.15) is 4.98 Å². The van der Waals surface area contributed by atoms with E-state index in [2.05, 4.69) is 156 Å². The standard InChI is InChI=1S/C41H28N4/c1-41(2)32-24-26-14-4-3-13-25(26)23-31(32)38-37(41)39(44-33-19-9-5-15-27(33)28-16-6-10-20-34(28)44)43-40(42-38)45-35-21-11-7-17-29(35)30-18-8-12-22-36(30)45/h3-24H,1-2H3. The molecule has 0 fully saturated rings. The van der Waals surface area contributed by atoms with Gasteiger partial charge in [0.05, 0.1) is 27.8 Å². The lowest BCUT2D eigenvalue weighted by Gasteiger charge is -2.25. The molecule has 0 spiro atoms. The molecule has 0 amide bonds. The van der Waals surface area contributed by atoms with Crippen molar-refractivity contribution in [2.45, 2.75) is 19.3 Å². The summed E-state index contributed by atoms with van der Waals surface area (Å²) in [6, 6.07) is 47.9. The van der Waals surface area contributed by atoms with Crippen LogP contribution in [0.25, 0.3) is 77.4 Å². The highest BCUT2D eigenvalue weighted by molar-refractivity contribution is 6.10. The van der Waals surface area contributed by atoms with E-state index in [0.717, 1.165) is 39.1 Å². The smallest absolute Gasteiger partial charge is 0.237 e. The molecule has 10 rings (SSSR count). The van der Waals surface area contributed by atoms with Gasteiger partial charge in [-0.3, -0.25) is 9.13 Å². The first-order valence-electron chi connectivity index (χ1n) is 15.5. The second-order valence-corrected chi connectivity index (χ2v) is 12.7. The third kappa shape index (κ3) is 3.21. The van der Waals surface area contributed by atoms with E-state index in [-0.39, 0.29) is 5.41 Å². The second kappa shape index (κ2) is 8.67. The molecule has 0 aliphatic heterocycles. The van der Waals surface area contributed by atoms with Gasteiger partial charge >= 0.3 is 0 Å². The van der Waals surface area contributed by atoms with E-state index >= 15 is 0 Å². The third-order valence-electron chi connectivity index (χ3n) is 9.89. The van der Waals surface area contributed by atoms with Gasteiger partial charge in [-0.1, -0.05) is 111 Å². The third-order valence-corrected chi connectivity index (χ3v) is 9.89. The van der Waals surface area contributed by atoms with Gasteiger partial charge in [-0.15, -0.1) is 0 Å². The zero-order chi connectivity index (χ0) is 29.9. The zero-order valence-electron chi connectivity index (χ0n) is 25.0. The van der Waals surface area contributed by atoms with E-state index in [1.54, 1.807) is 0 Å². The van der Waals surface area contributed by atoms with E-state index in [9.17, 15) is 0 Å². The van der Waals surface area contributed by atoms with Crippen molar-refractivity contribution in [1.29, 1.82) is 0 Å². The van der Waals surface area contributed by atoms with E-state index < -0.39 is 0 Å². The fourth-order valence-electron chi connectivity index (χ4n) is 7.85. The molecule has 0 unspecified atom stereocenters. The maximum absolute atomic E-state index is 5.59. The van der Waals surface area contributed by atoms with E-state index in [4.69, 9.17) is 9.97 Å². The number of para-hydroxylation sites is 4.